The number of carbonyl (C=O) groups excluding carboxylic acids is 2. The third-order valence-corrected chi connectivity index (χ3v) is 5.34. The Kier molecular flexibility index (Phi) is 6.24. The van der Waals surface area contributed by atoms with Gasteiger partial charge in [-0.15, -0.1) is 0 Å². The number of alkyl halides is 3. The Labute approximate surface area is 202 Å². The first-order valence-electron chi connectivity index (χ1n) is 10.3. The van der Waals surface area contributed by atoms with Crippen molar-refractivity contribution >= 4 is 34.7 Å². The molecule has 0 spiro atoms. The Morgan fingerprint density at radius 3 is 2.43 bits per heavy atom. The third-order valence-electron chi connectivity index (χ3n) is 5.09. The van der Waals surface area contributed by atoms with E-state index in [0.29, 0.717) is 21.6 Å². The predicted octanol–water partition coefficient (Wildman–Crippen LogP) is 4.24. The summed E-state index contributed by atoms with van der Waals surface area (Å²) >= 11 is 5.87. The summed E-state index contributed by atoms with van der Waals surface area (Å²) in [5.41, 5.74) is -0.904. The van der Waals surface area contributed by atoms with E-state index in [-0.39, 0.29) is 28.4 Å². The van der Waals surface area contributed by atoms with Crippen molar-refractivity contribution in [3.63, 3.8) is 0 Å². The van der Waals surface area contributed by atoms with Gasteiger partial charge in [0.1, 0.15) is 5.69 Å². The molecular weight excluding hydrogens is 487 g/mol. The molecule has 4 aromatic rings. The number of nitrogens with zero attached hydrogens (tertiary/aromatic N) is 6. The number of hydrogen-bond acceptors (Lipinski definition) is 5. The molecule has 0 fully saturated rings. The molecule has 4 rings (SSSR count). The summed E-state index contributed by atoms with van der Waals surface area (Å²) < 4.78 is 43.5. The summed E-state index contributed by atoms with van der Waals surface area (Å²) in [6.07, 6.45) is -3.47. The summed E-state index contributed by atoms with van der Waals surface area (Å²) in [4.78, 5) is 31.0. The average Bonchev–Trinajstić information content (AvgIpc) is 3.41. The molecule has 0 aliphatic carbocycles. The van der Waals surface area contributed by atoms with E-state index in [1.165, 1.54) is 27.9 Å². The smallest absolute Gasteiger partial charge is 0.343 e. The summed E-state index contributed by atoms with van der Waals surface area (Å²) in [5, 5.41) is 10.9. The van der Waals surface area contributed by atoms with Gasteiger partial charge in [0.25, 0.3) is 11.8 Å². The highest BCUT2D eigenvalue weighted by Gasteiger charge is 2.36. The van der Waals surface area contributed by atoms with E-state index in [4.69, 9.17) is 11.6 Å². The first-order valence-corrected chi connectivity index (χ1v) is 10.7. The molecule has 2 amide bonds. The second-order valence-corrected chi connectivity index (χ2v) is 8.14. The van der Waals surface area contributed by atoms with Gasteiger partial charge in [0.2, 0.25) is 0 Å². The fourth-order valence-corrected chi connectivity index (χ4v) is 3.52. The molecule has 3 aromatic heterocycles. The van der Waals surface area contributed by atoms with Gasteiger partial charge < -0.3 is 10.2 Å². The molecule has 0 atom stereocenters. The standard InChI is InChI=1S/C22H19ClF3N7O2/c1-4-32-19(21(35)31(2)3)16(11-27-32)29-20(34)15-10-18-28-14(12-5-7-13(23)8-6-12)9-17(22(24,25)26)33(18)30-15/h5-11H,4H2,1-3H3,(H,29,34). The lowest BCUT2D eigenvalue weighted by Gasteiger charge is -2.13. The van der Waals surface area contributed by atoms with E-state index in [1.807, 2.05) is 0 Å². The van der Waals surface area contributed by atoms with Gasteiger partial charge in [-0.3, -0.25) is 14.3 Å². The van der Waals surface area contributed by atoms with E-state index in [2.05, 4.69) is 20.5 Å². The zero-order valence-electron chi connectivity index (χ0n) is 18.8. The molecule has 0 radical (unpaired) electrons. The number of benzene rings is 1. The molecule has 182 valence electrons. The zero-order chi connectivity index (χ0) is 25.5. The van der Waals surface area contributed by atoms with Crippen LogP contribution in [0.5, 0.6) is 0 Å². The molecule has 0 aliphatic rings. The minimum Gasteiger partial charge on any atom is -0.343 e. The highest BCUT2D eigenvalue weighted by molar-refractivity contribution is 6.30. The Balaban J connectivity index is 1.76. The van der Waals surface area contributed by atoms with E-state index in [1.54, 1.807) is 33.2 Å². The molecule has 1 aromatic carbocycles. The third kappa shape index (κ3) is 4.69. The van der Waals surface area contributed by atoms with Crippen LogP contribution in [-0.2, 0) is 12.7 Å². The number of fused-ring (bicyclic) bond motifs is 1. The molecule has 0 unspecified atom stereocenters. The van der Waals surface area contributed by atoms with Crippen molar-refractivity contribution in [2.45, 2.75) is 19.6 Å². The number of amides is 2. The van der Waals surface area contributed by atoms with Crippen LogP contribution in [0, 0.1) is 0 Å². The van der Waals surface area contributed by atoms with Crippen LogP contribution in [0.3, 0.4) is 0 Å². The maximum Gasteiger partial charge on any atom is 0.433 e. The Bertz CT molecular complexity index is 1430. The summed E-state index contributed by atoms with van der Waals surface area (Å²) in [5.74, 6) is -1.22. The van der Waals surface area contributed by atoms with Gasteiger partial charge in [-0.25, -0.2) is 9.50 Å². The molecule has 1 N–H and O–H groups in total. The minimum absolute atomic E-state index is 0.0384. The van der Waals surface area contributed by atoms with Crippen molar-refractivity contribution in [2.75, 3.05) is 19.4 Å². The van der Waals surface area contributed by atoms with E-state index >= 15 is 0 Å². The number of hydrogen-bond donors (Lipinski definition) is 1. The fourth-order valence-electron chi connectivity index (χ4n) is 3.40. The Morgan fingerprint density at radius 2 is 1.83 bits per heavy atom. The van der Waals surface area contributed by atoms with Crippen molar-refractivity contribution in [3.05, 3.63) is 64.7 Å². The van der Waals surface area contributed by atoms with Crippen LogP contribution < -0.4 is 5.32 Å². The number of nitrogens with one attached hydrogen (secondary N) is 1. The van der Waals surface area contributed by atoms with Crippen LogP contribution in [-0.4, -0.2) is 55.2 Å². The maximum atomic E-state index is 13.8. The van der Waals surface area contributed by atoms with E-state index < -0.39 is 23.7 Å². The van der Waals surface area contributed by atoms with Gasteiger partial charge in [0, 0.05) is 37.3 Å². The predicted molar refractivity (Wildman–Crippen MR) is 122 cm³/mol. The van der Waals surface area contributed by atoms with E-state index in [0.717, 1.165) is 12.1 Å². The highest BCUT2D eigenvalue weighted by Crippen LogP contribution is 2.32. The van der Waals surface area contributed by atoms with Crippen LogP contribution in [0.25, 0.3) is 16.9 Å². The lowest BCUT2D eigenvalue weighted by atomic mass is 10.1. The van der Waals surface area contributed by atoms with Crippen LogP contribution in [0.4, 0.5) is 18.9 Å². The van der Waals surface area contributed by atoms with Gasteiger partial charge in [-0.1, -0.05) is 23.7 Å². The molecule has 3 heterocycles. The number of aryl methyl sites for hydroxylation is 1. The van der Waals surface area contributed by atoms with Crippen molar-refractivity contribution in [3.8, 4) is 11.3 Å². The van der Waals surface area contributed by atoms with Crippen LogP contribution in [0.2, 0.25) is 5.02 Å². The molecule has 13 heteroatoms. The van der Waals surface area contributed by atoms with Crippen LogP contribution in [0.15, 0.2) is 42.6 Å². The monoisotopic (exact) mass is 505 g/mol. The SMILES string of the molecule is CCn1ncc(NC(=O)c2cc3nc(-c4ccc(Cl)cc4)cc(C(F)(F)F)n3n2)c1C(=O)N(C)C. The molecule has 0 saturated heterocycles. The van der Waals surface area contributed by atoms with Crippen molar-refractivity contribution in [2.24, 2.45) is 0 Å². The molecule has 9 nitrogen and oxygen atoms in total. The van der Waals surface area contributed by atoms with Gasteiger partial charge >= 0.3 is 6.18 Å². The van der Waals surface area contributed by atoms with Gasteiger partial charge in [0.05, 0.1) is 17.6 Å². The van der Waals surface area contributed by atoms with Crippen molar-refractivity contribution < 1.29 is 22.8 Å². The lowest BCUT2D eigenvalue weighted by molar-refractivity contribution is -0.142. The average molecular weight is 506 g/mol. The lowest BCUT2D eigenvalue weighted by Crippen LogP contribution is -2.26. The second-order valence-electron chi connectivity index (χ2n) is 7.71. The number of halogens is 4. The number of anilines is 1. The topological polar surface area (TPSA) is 97.4 Å². The maximum absolute atomic E-state index is 13.8. The Hall–Kier alpha value is -3.93. The van der Waals surface area contributed by atoms with Crippen LogP contribution >= 0.6 is 11.6 Å². The second kappa shape index (κ2) is 9.02. The van der Waals surface area contributed by atoms with Gasteiger partial charge in [-0.05, 0) is 25.1 Å². The van der Waals surface area contributed by atoms with E-state index in [9.17, 15) is 22.8 Å². The number of carbonyl (C=O) groups is 2. The Morgan fingerprint density at radius 1 is 1.14 bits per heavy atom. The molecular formula is C22H19ClF3N7O2. The zero-order valence-corrected chi connectivity index (χ0v) is 19.5. The summed E-state index contributed by atoms with van der Waals surface area (Å²) in [6, 6.07) is 8.15. The molecule has 0 saturated carbocycles. The summed E-state index contributed by atoms with van der Waals surface area (Å²) in [6.45, 7) is 2.14. The fraction of sp³-hybridized carbons (Fsp3) is 0.227. The summed E-state index contributed by atoms with van der Waals surface area (Å²) in [7, 11) is 3.09. The molecule has 0 bridgehead atoms. The van der Waals surface area contributed by atoms with Gasteiger partial charge in [0.15, 0.2) is 17.0 Å². The first-order chi connectivity index (χ1) is 16.5. The highest BCUT2D eigenvalue weighted by atomic mass is 35.5. The minimum atomic E-state index is -4.77. The number of rotatable bonds is 5. The molecule has 0 aliphatic heterocycles. The quantitative estimate of drug-likeness (QED) is 0.437. The molecule has 35 heavy (non-hydrogen) atoms. The largest absolute Gasteiger partial charge is 0.433 e. The van der Waals surface area contributed by atoms with Crippen molar-refractivity contribution in [1.82, 2.24) is 29.3 Å². The number of aromatic nitrogens is 5. The van der Waals surface area contributed by atoms with Crippen LogP contribution in [0.1, 0.15) is 33.6 Å². The first kappa shape index (κ1) is 24.2. The van der Waals surface area contributed by atoms with Gasteiger partial charge in [-0.2, -0.15) is 23.4 Å². The van der Waals surface area contributed by atoms with Crippen molar-refractivity contribution in [1.29, 1.82) is 0 Å². The normalized spacial score (nSPS) is 11.6.